The summed E-state index contributed by atoms with van der Waals surface area (Å²) in [6.07, 6.45) is 3.76. The molecular formula is C16H23NO2. The van der Waals surface area contributed by atoms with E-state index in [0.29, 0.717) is 17.0 Å². The number of nitrogens with one attached hydrogen (secondary N) is 1. The van der Waals surface area contributed by atoms with Gasteiger partial charge in [0.15, 0.2) is 0 Å². The van der Waals surface area contributed by atoms with Crippen LogP contribution >= 0.6 is 0 Å². The number of esters is 1. The molecule has 1 atom stereocenters. The largest absolute Gasteiger partial charge is 0.465 e. The maximum atomic E-state index is 11.5. The monoisotopic (exact) mass is 261 g/mol. The number of benzene rings is 1. The predicted molar refractivity (Wildman–Crippen MR) is 77.6 cm³/mol. The lowest BCUT2D eigenvalue weighted by molar-refractivity contribution is 0.0600. The van der Waals surface area contributed by atoms with Crippen molar-refractivity contribution in [2.24, 2.45) is 5.41 Å². The van der Waals surface area contributed by atoms with E-state index < -0.39 is 0 Å². The van der Waals surface area contributed by atoms with E-state index >= 15 is 0 Å². The van der Waals surface area contributed by atoms with Crippen molar-refractivity contribution in [3.8, 4) is 0 Å². The Hall–Kier alpha value is -1.51. The van der Waals surface area contributed by atoms with Gasteiger partial charge in [-0.05, 0) is 48.9 Å². The number of aryl methyl sites for hydroxylation is 1. The summed E-state index contributed by atoms with van der Waals surface area (Å²) in [6.45, 7) is 6.66. The molecule has 1 aliphatic rings. The molecular weight excluding hydrogens is 238 g/mol. The van der Waals surface area contributed by atoms with Crippen LogP contribution in [0, 0.1) is 12.3 Å². The first-order chi connectivity index (χ1) is 8.94. The van der Waals surface area contributed by atoms with E-state index in [4.69, 9.17) is 4.74 Å². The first-order valence-corrected chi connectivity index (χ1v) is 6.89. The minimum Gasteiger partial charge on any atom is -0.465 e. The molecule has 3 nitrogen and oxygen atoms in total. The van der Waals surface area contributed by atoms with Crippen LogP contribution in [0.4, 0.5) is 5.69 Å². The fraction of sp³-hybridized carbons (Fsp3) is 0.562. The summed E-state index contributed by atoms with van der Waals surface area (Å²) in [4.78, 5) is 11.5. The summed E-state index contributed by atoms with van der Waals surface area (Å²) in [6, 6.07) is 6.20. The zero-order valence-corrected chi connectivity index (χ0v) is 12.2. The van der Waals surface area contributed by atoms with Crippen molar-refractivity contribution in [2.45, 2.75) is 46.1 Å². The van der Waals surface area contributed by atoms with E-state index in [-0.39, 0.29) is 5.97 Å². The Morgan fingerprint density at radius 1 is 1.42 bits per heavy atom. The van der Waals surface area contributed by atoms with Gasteiger partial charge in [0.25, 0.3) is 0 Å². The molecule has 0 saturated heterocycles. The van der Waals surface area contributed by atoms with Crippen molar-refractivity contribution in [3.63, 3.8) is 0 Å². The molecule has 0 bridgehead atoms. The van der Waals surface area contributed by atoms with Gasteiger partial charge in [0, 0.05) is 11.7 Å². The first-order valence-electron chi connectivity index (χ1n) is 6.89. The van der Waals surface area contributed by atoms with Gasteiger partial charge in [-0.15, -0.1) is 0 Å². The Morgan fingerprint density at radius 2 is 2.16 bits per heavy atom. The lowest BCUT2D eigenvalue weighted by Gasteiger charge is -2.29. The molecule has 0 amide bonds. The molecule has 0 aliphatic heterocycles. The van der Waals surface area contributed by atoms with Crippen molar-refractivity contribution in [2.75, 3.05) is 12.4 Å². The van der Waals surface area contributed by atoms with E-state index in [9.17, 15) is 4.79 Å². The van der Waals surface area contributed by atoms with Crippen molar-refractivity contribution in [3.05, 3.63) is 29.3 Å². The Labute approximate surface area is 115 Å². The molecule has 1 aliphatic carbocycles. The molecule has 0 heterocycles. The summed E-state index contributed by atoms with van der Waals surface area (Å²) >= 11 is 0. The molecule has 2 rings (SSSR count). The zero-order chi connectivity index (χ0) is 14.0. The minimum absolute atomic E-state index is 0.282. The smallest absolute Gasteiger partial charge is 0.337 e. The maximum absolute atomic E-state index is 11.5. The van der Waals surface area contributed by atoms with Gasteiger partial charge < -0.3 is 10.1 Å². The first kappa shape index (κ1) is 13.9. The molecule has 104 valence electrons. The lowest BCUT2D eigenvalue weighted by Crippen LogP contribution is -2.31. The molecule has 1 N–H and O–H groups in total. The third kappa shape index (κ3) is 2.91. The molecule has 0 aromatic heterocycles. The molecule has 0 spiro atoms. The molecule has 1 fully saturated rings. The van der Waals surface area contributed by atoms with Gasteiger partial charge in [-0.25, -0.2) is 4.79 Å². The van der Waals surface area contributed by atoms with Crippen LogP contribution in [0.2, 0.25) is 0 Å². The number of methoxy groups -OCH3 is 1. The molecule has 0 radical (unpaired) electrons. The number of carbonyl (C=O) groups is 1. The van der Waals surface area contributed by atoms with Gasteiger partial charge in [0.2, 0.25) is 0 Å². The van der Waals surface area contributed by atoms with E-state index in [2.05, 4.69) is 19.2 Å². The minimum atomic E-state index is -0.282. The van der Waals surface area contributed by atoms with Crippen molar-refractivity contribution in [1.82, 2.24) is 0 Å². The summed E-state index contributed by atoms with van der Waals surface area (Å²) in [5.74, 6) is -0.282. The van der Waals surface area contributed by atoms with Crippen LogP contribution < -0.4 is 5.32 Å². The molecule has 1 saturated carbocycles. The highest BCUT2D eigenvalue weighted by molar-refractivity contribution is 5.90. The average molecular weight is 261 g/mol. The third-order valence-electron chi connectivity index (χ3n) is 4.23. The standard InChI is InChI=1S/C16H23NO2/c1-11-10-12(15(18)19-4)7-8-13(11)17-14-6-5-9-16(14,2)3/h7-8,10,14,17H,5-6,9H2,1-4H3. The summed E-state index contributed by atoms with van der Waals surface area (Å²) < 4.78 is 4.74. The number of carbonyl (C=O) groups excluding carboxylic acids is 1. The van der Waals surface area contributed by atoms with Crippen LogP contribution in [0.25, 0.3) is 0 Å². The van der Waals surface area contributed by atoms with Crippen LogP contribution in [0.5, 0.6) is 0 Å². The highest BCUT2D eigenvalue weighted by Gasteiger charge is 2.34. The van der Waals surface area contributed by atoms with Crippen LogP contribution in [0.15, 0.2) is 18.2 Å². The fourth-order valence-electron chi connectivity index (χ4n) is 2.85. The lowest BCUT2D eigenvalue weighted by atomic mass is 9.87. The van der Waals surface area contributed by atoms with Crippen molar-refractivity contribution < 1.29 is 9.53 Å². The Balaban J connectivity index is 2.16. The second-order valence-electron chi connectivity index (χ2n) is 6.10. The Morgan fingerprint density at radius 3 is 2.68 bits per heavy atom. The van der Waals surface area contributed by atoms with Gasteiger partial charge in [-0.1, -0.05) is 20.3 Å². The average Bonchev–Trinajstić information content (AvgIpc) is 2.70. The second-order valence-corrected chi connectivity index (χ2v) is 6.10. The van der Waals surface area contributed by atoms with Crippen LogP contribution in [0.1, 0.15) is 49.0 Å². The third-order valence-corrected chi connectivity index (χ3v) is 4.23. The van der Waals surface area contributed by atoms with Gasteiger partial charge >= 0.3 is 5.97 Å². The van der Waals surface area contributed by atoms with Gasteiger partial charge in [0.1, 0.15) is 0 Å². The van der Waals surface area contributed by atoms with Crippen LogP contribution in [-0.2, 0) is 4.74 Å². The SMILES string of the molecule is COC(=O)c1ccc(NC2CCCC2(C)C)c(C)c1. The summed E-state index contributed by atoms with van der Waals surface area (Å²) in [5.41, 5.74) is 3.16. The normalized spacial score (nSPS) is 21.2. The number of hydrogen-bond donors (Lipinski definition) is 1. The molecule has 1 aromatic rings. The maximum Gasteiger partial charge on any atom is 0.337 e. The topological polar surface area (TPSA) is 38.3 Å². The van der Waals surface area contributed by atoms with E-state index in [1.165, 1.54) is 26.4 Å². The molecule has 19 heavy (non-hydrogen) atoms. The van der Waals surface area contributed by atoms with Gasteiger partial charge in [-0.2, -0.15) is 0 Å². The highest BCUT2D eigenvalue weighted by atomic mass is 16.5. The fourth-order valence-corrected chi connectivity index (χ4v) is 2.85. The quantitative estimate of drug-likeness (QED) is 0.842. The Kier molecular flexibility index (Phi) is 3.83. The van der Waals surface area contributed by atoms with E-state index in [1.807, 2.05) is 25.1 Å². The van der Waals surface area contributed by atoms with Crippen LogP contribution in [0.3, 0.4) is 0 Å². The molecule has 3 heteroatoms. The van der Waals surface area contributed by atoms with E-state index in [1.54, 1.807) is 0 Å². The predicted octanol–water partition coefficient (Wildman–Crippen LogP) is 3.77. The summed E-state index contributed by atoms with van der Waals surface area (Å²) in [7, 11) is 1.41. The number of ether oxygens (including phenoxy) is 1. The van der Waals surface area contributed by atoms with Gasteiger partial charge in [-0.3, -0.25) is 0 Å². The molecule has 1 unspecified atom stereocenters. The summed E-state index contributed by atoms with van der Waals surface area (Å²) in [5, 5.41) is 3.63. The molecule has 1 aromatic carbocycles. The number of rotatable bonds is 3. The number of hydrogen-bond acceptors (Lipinski definition) is 3. The van der Waals surface area contributed by atoms with Crippen LogP contribution in [-0.4, -0.2) is 19.1 Å². The van der Waals surface area contributed by atoms with E-state index in [0.717, 1.165) is 11.3 Å². The highest BCUT2D eigenvalue weighted by Crippen LogP contribution is 2.39. The number of anilines is 1. The second kappa shape index (κ2) is 5.24. The van der Waals surface area contributed by atoms with Crippen molar-refractivity contribution in [1.29, 1.82) is 0 Å². The van der Waals surface area contributed by atoms with Gasteiger partial charge in [0.05, 0.1) is 12.7 Å². The Bertz CT molecular complexity index is 480. The zero-order valence-electron chi connectivity index (χ0n) is 12.2. The van der Waals surface area contributed by atoms with Crippen molar-refractivity contribution >= 4 is 11.7 Å².